The van der Waals surface area contributed by atoms with Crippen LogP contribution in [0.5, 0.6) is 34.5 Å². The smallest absolute Gasteiger partial charge is 0.165 e. The molecule has 0 spiro atoms. The number of hydrogen-bond donors (Lipinski definition) is 3. The number of pyridine rings is 5. The van der Waals surface area contributed by atoms with Crippen LogP contribution in [-0.4, -0.2) is 130 Å². The van der Waals surface area contributed by atoms with Crippen molar-refractivity contribution in [2.75, 3.05) is 0 Å². The van der Waals surface area contributed by atoms with Gasteiger partial charge in [-0.2, -0.15) is 0 Å². The SMILES string of the molecule is CC(=O)c1ccc(-c2ccc3ncn(-c4ccc(OC(C)C)cc4)c3n2)cc1.CC(C)Oc1ccc(-c2ccc3ncn(-c4ccc(OC(C)C)cc4)c3n2)cc1.CC(C)Oc1ccc(-n2cnc3ccc(-c4ccc(C(C)(C)O)cc4)nc32)cc1.CC(C)Oc1ccc(-n2cnc3ccc(-c4ccc5[nH]ccc5c4)nc32)cc1.CC(C)Oc1ccc(-n2cnc3cnc(-c4ccc(C(C)(C)O)cc4)cc32)cc1. The molecule has 0 fully saturated rings. The number of hydrogen-bond acceptors (Lipinski definition) is 19. The number of aromatic amines is 1. The molecule has 0 amide bonds. The third kappa shape index (κ3) is 23.9. The van der Waals surface area contributed by atoms with Crippen molar-refractivity contribution in [1.82, 2.24) is 77.7 Å². The van der Waals surface area contributed by atoms with Gasteiger partial charge in [0, 0.05) is 78.9 Å². The van der Waals surface area contributed by atoms with E-state index in [1.807, 2.05) is 398 Å². The summed E-state index contributed by atoms with van der Waals surface area (Å²) in [6.45, 7) is 32.9. The zero-order valence-electron chi connectivity index (χ0n) is 83.3. The van der Waals surface area contributed by atoms with Gasteiger partial charge >= 0.3 is 0 Å². The summed E-state index contributed by atoms with van der Waals surface area (Å²) in [5.41, 5.74) is 24.7. The molecule has 0 aliphatic heterocycles. The van der Waals surface area contributed by atoms with Gasteiger partial charge in [0.1, 0.15) is 93.7 Å². The fourth-order valence-corrected chi connectivity index (χ4v) is 16.2. The molecule has 143 heavy (non-hydrogen) atoms. The van der Waals surface area contributed by atoms with Crippen LogP contribution in [0.15, 0.2) is 341 Å². The average molecular weight is 1900 g/mol. The van der Waals surface area contributed by atoms with Gasteiger partial charge in [0.15, 0.2) is 28.4 Å². The molecule has 0 unspecified atom stereocenters. The lowest BCUT2D eigenvalue weighted by atomic mass is 9.96. The number of carbonyl (C=O) groups is 1. The van der Waals surface area contributed by atoms with Gasteiger partial charge in [-0.15, -0.1) is 0 Å². The molecular weight excluding hydrogens is 1790 g/mol. The van der Waals surface area contributed by atoms with Crippen molar-refractivity contribution in [2.24, 2.45) is 0 Å². The second-order valence-corrected chi connectivity index (χ2v) is 37.5. The molecule has 10 aromatic carbocycles. The number of imidazole rings is 5. The van der Waals surface area contributed by atoms with Crippen LogP contribution in [0.1, 0.15) is 139 Å². The molecule has 25 heteroatoms. The lowest BCUT2D eigenvalue weighted by Crippen LogP contribution is -2.14. The van der Waals surface area contributed by atoms with Gasteiger partial charge in [-0.25, -0.2) is 44.9 Å². The van der Waals surface area contributed by atoms with Gasteiger partial charge in [0.05, 0.1) is 88.0 Å². The number of nitrogens with zero attached hydrogens (tertiary/aromatic N) is 15. The van der Waals surface area contributed by atoms with Crippen LogP contribution in [0.25, 0.3) is 151 Å². The molecule has 11 aromatic heterocycles. The maximum absolute atomic E-state index is 11.5. The molecule has 0 aliphatic rings. The van der Waals surface area contributed by atoms with Crippen LogP contribution in [0.4, 0.5) is 0 Å². The number of fused-ring (bicyclic) bond motifs is 6. The summed E-state index contributed by atoms with van der Waals surface area (Å²) in [6, 6.07) is 97.3. The fraction of sp³-hybridized carbons (Fsp3) is 0.212. The van der Waals surface area contributed by atoms with Gasteiger partial charge in [-0.3, -0.25) is 32.6 Å². The maximum Gasteiger partial charge on any atom is 0.165 e. The molecule has 0 saturated carbocycles. The summed E-state index contributed by atoms with van der Waals surface area (Å²) >= 11 is 0. The van der Waals surface area contributed by atoms with E-state index in [-0.39, 0.29) is 42.4 Å². The van der Waals surface area contributed by atoms with Crippen LogP contribution in [0.3, 0.4) is 0 Å². The summed E-state index contributed by atoms with van der Waals surface area (Å²) in [4.78, 5) is 61.1. The second-order valence-electron chi connectivity index (χ2n) is 37.5. The number of aliphatic hydroxyl groups is 2. The standard InChI is InChI=1S/3C24H25N3O2.C23H20N4O.C23H21N3O2/c1-16(2)28-20-9-5-18(6-10-20)22-13-14-23-24(26-22)27(15-25-23)19-7-11-21(12-8-19)29-17(3)4;1-16(2)29-20-11-9-19(10-12-20)27-15-26-22-14-25-21(13-23(22)27)17-5-7-18(8-6-17)24(3,4)28;1-16(2)29-20-11-9-19(10-12-20)27-15-25-22-14-13-21(26-23(22)27)17-5-7-18(8-6-17)24(3,4)28;1-15(2)28-19-6-4-18(5-7-19)27-14-25-22-10-9-21(26-23(22)27)16-3-8-20-17(13-16)11-12-24-20;1-15(2)28-20-10-8-19(9-11-20)26-14-24-22-13-12-21(25-23(22)26)18-6-4-17(5-7-18)16(3)27/h5-17H,1-4H3;2*5-16,28H,1-4H3;3-15,24H,1-2H3;4-15H,1-3H3. The van der Waals surface area contributed by atoms with Crippen molar-refractivity contribution < 1.29 is 43.4 Å². The van der Waals surface area contributed by atoms with Crippen molar-refractivity contribution in [1.29, 1.82) is 0 Å². The minimum Gasteiger partial charge on any atom is -0.491 e. The number of Topliss-reactive ketones (excluding diaryl/α,β-unsaturated/α-hetero) is 1. The van der Waals surface area contributed by atoms with E-state index in [2.05, 4.69) is 59.2 Å². The number of aromatic nitrogens is 16. The van der Waals surface area contributed by atoms with Crippen molar-refractivity contribution >= 4 is 72.4 Å². The predicted octanol–water partition coefficient (Wildman–Crippen LogP) is 26.3. The van der Waals surface area contributed by atoms with Crippen LogP contribution in [-0.2, 0) is 11.2 Å². The van der Waals surface area contributed by atoms with Gasteiger partial charge in [-0.05, 0) is 347 Å². The molecular formula is C118H116N16O9. The molecule has 0 bridgehead atoms. The van der Waals surface area contributed by atoms with Crippen molar-refractivity contribution in [3.8, 4) is 119 Å². The largest absolute Gasteiger partial charge is 0.491 e. The lowest BCUT2D eigenvalue weighted by molar-refractivity contribution is 0.0780. The number of rotatable bonds is 25. The molecule has 11 heterocycles. The number of ether oxygens (including phenoxy) is 6. The Balaban J connectivity index is 0.000000123. The van der Waals surface area contributed by atoms with E-state index in [0.29, 0.717) is 5.56 Å². The zero-order chi connectivity index (χ0) is 100. The molecule has 722 valence electrons. The Morgan fingerprint density at radius 1 is 0.287 bits per heavy atom. The third-order valence-corrected chi connectivity index (χ3v) is 23.2. The highest BCUT2D eigenvalue weighted by Crippen LogP contribution is 2.35. The van der Waals surface area contributed by atoms with E-state index >= 15 is 0 Å². The monoisotopic (exact) mass is 1900 g/mol. The van der Waals surface area contributed by atoms with Crippen LogP contribution in [0.2, 0.25) is 0 Å². The normalized spacial score (nSPS) is 11.6. The summed E-state index contributed by atoms with van der Waals surface area (Å²) in [5, 5.41) is 21.5. The zero-order valence-corrected chi connectivity index (χ0v) is 83.3. The average Bonchev–Trinajstić information content (AvgIpc) is 1.68. The Hall–Kier alpha value is -16.8. The van der Waals surface area contributed by atoms with E-state index in [0.717, 1.165) is 192 Å². The van der Waals surface area contributed by atoms with Crippen molar-refractivity contribution in [3.05, 3.63) is 358 Å². The van der Waals surface area contributed by atoms with E-state index in [1.54, 1.807) is 59.8 Å². The van der Waals surface area contributed by atoms with Crippen LogP contribution >= 0.6 is 0 Å². The van der Waals surface area contributed by atoms with E-state index < -0.39 is 11.2 Å². The maximum atomic E-state index is 11.5. The number of nitrogens with one attached hydrogen (secondary N) is 1. The Morgan fingerprint density at radius 3 is 0.860 bits per heavy atom. The number of benzene rings is 10. The third-order valence-electron chi connectivity index (χ3n) is 23.2. The van der Waals surface area contributed by atoms with E-state index in [9.17, 15) is 15.0 Å². The Labute approximate surface area is 831 Å². The molecule has 21 rings (SSSR count). The summed E-state index contributed by atoms with van der Waals surface area (Å²) in [7, 11) is 0. The number of carbonyl (C=O) groups excluding carboxylic acids is 1. The first-order chi connectivity index (χ1) is 68.8. The Kier molecular flexibility index (Phi) is 29.4. The quantitative estimate of drug-likeness (QED) is 0.0448. The Bertz CT molecular complexity index is 7720. The second kappa shape index (κ2) is 42.9. The minimum atomic E-state index is -0.861. The van der Waals surface area contributed by atoms with Gasteiger partial charge in [0.2, 0.25) is 0 Å². The highest BCUT2D eigenvalue weighted by molar-refractivity contribution is 5.95. The molecule has 0 atom stereocenters. The number of ketones is 1. The van der Waals surface area contributed by atoms with Gasteiger partial charge < -0.3 is 43.6 Å². The summed E-state index contributed by atoms with van der Waals surface area (Å²) < 4.78 is 44.4. The molecule has 0 radical (unpaired) electrons. The molecule has 0 aliphatic carbocycles. The highest BCUT2D eigenvalue weighted by atomic mass is 16.5. The minimum absolute atomic E-state index is 0.0536. The molecule has 3 N–H and O–H groups in total. The van der Waals surface area contributed by atoms with Crippen molar-refractivity contribution in [2.45, 2.75) is 166 Å². The molecule has 21 aromatic rings. The van der Waals surface area contributed by atoms with Gasteiger partial charge in [0.25, 0.3) is 0 Å². The fourth-order valence-electron chi connectivity index (χ4n) is 16.2. The summed E-state index contributed by atoms with van der Waals surface area (Å²) in [5.74, 6) is 5.15. The first-order valence-electron chi connectivity index (χ1n) is 48.0. The molecule has 25 nitrogen and oxygen atoms in total. The van der Waals surface area contributed by atoms with Crippen LogP contribution in [0, 0.1) is 0 Å². The number of H-pyrrole nitrogens is 1. The predicted molar refractivity (Wildman–Crippen MR) is 568 cm³/mol. The van der Waals surface area contributed by atoms with E-state index in [1.165, 1.54) is 5.39 Å². The highest BCUT2D eigenvalue weighted by Gasteiger charge is 2.22. The Morgan fingerprint density at radius 2 is 0.552 bits per heavy atom. The first kappa shape index (κ1) is 97.9. The van der Waals surface area contributed by atoms with E-state index in [4.69, 9.17) is 48.4 Å². The first-order valence-corrected chi connectivity index (χ1v) is 48.0. The van der Waals surface area contributed by atoms with Crippen molar-refractivity contribution in [3.63, 3.8) is 0 Å². The summed E-state index contributed by atoms with van der Waals surface area (Å²) in [6.07, 6.45) is 13.6. The van der Waals surface area contributed by atoms with Crippen LogP contribution < -0.4 is 28.4 Å². The van der Waals surface area contributed by atoms with Gasteiger partial charge in [-0.1, -0.05) is 78.9 Å². The topological polar surface area (TPSA) is 282 Å². The lowest BCUT2D eigenvalue weighted by Gasteiger charge is -2.17. The molecule has 0 saturated heterocycles.